The summed E-state index contributed by atoms with van der Waals surface area (Å²) in [6.07, 6.45) is 4.75. The molecular weight excluding hydrogens is 303 g/mol. The molecule has 0 spiro atoms. The highest BCUT2D eigenvalue weighted by Gasteiger charge is 2.53. The zero-order chi connectivity index (χ0) is 12.0. The number of benzene rings is 1. The zero-order valence-corrected chi connectivity index (χ0v) is 11.9. The van der Waals surface area contributed by atoms with Gasteiger partial charge in [-0.05, 0) is 66.7 Å². The zero-order valence-electron chi connectivity index (χ0n) is 9.56. The number of alkyl halides is 1. The first-order valence-corrected chi connectivity index (χ1v) is 7.44. The molecular formula is C14H15BrClF. The Morgan fingerprint density at radius 3 is 2.71 bits per heavy atom. The summed E-state index contributed by atoms with van der Waals surface area (Å²) in [5, 5.41) is 0. The molecule has 2 unspecified atom stereocenters. The monoisotopic (exact) mass is 316 g/mol. The summed E-state index contributed by atoms with van der Waals surface area (Å²) < 4.78 is 14.3. The van der Waals surface area contributed by atoms with Gasteiger partial charge >= 0.3 is 0 Å². The smallest absolute Gasteiger partial charge is 0.123 e. The van der Waals surface area contributed by atoms with Crippen molar-refractivity contribution in [1.82, 2.24) is 0 Å². The lowest BCUT2D eigenvalue weighted by Crippen LogP contribution is -2.24. The van der Waals surface area contributed by atoms with E-state index in [9.17, 15) is 4.39 Å². The van der Waals surface area contributed by atoms with E-state index in [4.69, 9.17) is 11.6 Å². The highest BCUT2D eigenvalue weighted by atomic mass is 79.9. The molecule has 92 valence electrons. The number of halogens is 3. The quantitative estimate of drug-likeness (QED) is 0.703. The second-order valence-corrected chi connectivity index (χ2v) is 6.83. The summed E-state index contributed by atoms with van der Waals surface area (Å²) in [4.78, 5) is 0. The summed E-state index contributed by atoms with van der Waals surface area (Å²) in [6, 6.07) is 4.93. The van der Waals surface area contributed by atoms with Gasteiger partial charge in [-0.1, -0.05) is 15.9 Å². The standard InChI is InChI=1S/C14H15BrClF/c15-13-2-1-12(17)4-11(13)7-14(8-16)5-9-3-10(9)6-14/h1-2,4,9-10H,3,5-8H2. The van der Waals surface area contributed by atoms with Crippen molar-refractivity contribution in [2.24, 2.45) is 17.3 Å². The molecule has 3 rings (SSSR count). The third kappa shape index (κ3) is 2.26. The van der Waals surface area contributed by atoms with Crippen molar-refractivity contribution in [3.63, 3.8) is 0 Å². The van der Waals surface area contributed by atoms with Crippen molar-refractivity contribution in [1.29, 1.82) is 0 Å². The van der Waals surface area contributed by atoms with Gasteiger partial charge in [0.1, 0.15) is 5.82 Å². The van der Waals surface area contributed by atoms with Crippen molar-refractivity contribution in [2.45, 2.75) is 25.7 Å². The lowest BCUT2D eigenvalue weighted by Gasteiger charge is -2.29. The van der Waals surface area contributed by atoms with Gasteiger partial charge in [0.2, 0.25) is 0 Å². The maximum absolute atomic E-state index is 13.3. The van der Waals surface area contributed by atoms with Gasteiger partial charge in [0, 0.05) is 10.4 Å². The van der Waals surface area contributed by atoms with Gasteiger partial charge in [-0.25, -0.2) is 4.39 Å². The minimum atomic E-state index is -0.156. The molecule has 17 heavy (non-hydrogen) atoms. The molecule has 2 fully saturated rings. The molecule has 0 amide bonds. The summed E-state index contributed by atoms with van der Waals surface area (Å²) in [6.45, 7) is 0. The Kier molecular flexibility index (Phi) is 2.99. The molecule has 0 radical (unpaired) electrons. The first-order valence-electron chi connectivity index (χ1n) is 6.12. The van der Waals surface area contributed by atoms with Gasteiger partial charge in [-0.15, -0.1) is 11.6 Å². The van der Waals surface area contributed by atoms with E-state index < -0.39 is 0 Å². The van der Waals surface area contributed by atoms with Gasteiger partial charge in [-0.2, -0.15) is 0 Å². The van der Waals surface area contributed by atoms with Gasteiger partial charge in [0.05, 0.1) is 0 Å². The normalized spacial score (nSPS) is 34.8. The van der Waals surface area contributed by atoms with Crippen LogP contribution >= 0.6 is 27.5 Å². The van der Waals surface area contributed by atoms with E-state index >= 15 is 0 Å². The Labute approximate surface area is 115 Å². The molecule has 0 nitrogen and oxygen atoms in total. The molecule has 2 aliphatic rings. The third-order valence-electron chi connectivity index (χ3n) is 4.32. The second kappa shape index (κ2) is 4.24. The Morgan fingerprint density at radius 2 is 2.06 bits per heavy atom. The molecule has 2 saturated carbocycles. The summed E-state index contributed by atoms with van der Waals surface area (Å²) in [5.41, 5.74) is 1.28. The van der Waals surface area contributed by atoms with E-state index in [1.54, 1.807) is 12.1 Å². The van der Waals surface area contributed by atoms with Crippen LogP contribution in [0.4, 0.5) is 4.39 Å². The van der Waals surface area contributed by atoms with E-state index in [0.717, 1.165) is 28.3 Å². The average Bonchev–Trinajstić information content (AvgIpc) is 2.92. The van der Waals surface area contributed by atoms with Crippen LogP contribution < -0.4 is 0 Å². The van der Waals surface area contributed by atoms with Crippen LogP contribution in [-0.4, -0.2) is 5.88 Å². The fourth-order valence-corrected chi connectivity index (χ4v) is 4.09. The number of hydrogen-bond donors (Lipinski definition) is 0. The van der Waals surface area contributed by atoms with Crippen LogP contribution in [0.2, 0.25) is 0 Å². The minimum Gasteiger partial charge on any atom is -0.207 e. The Morgan fingerprint density at radius 1 is 1.35 bits per heavy atom. The fourth-order valence-electron chi connectivity index (χ4n) is 3.39. The molecule has 1 aromatic rings. The highest BCUT2D eigenvalue weighted by molar-refractivity contribution is 9.10. The van der Waals surface area contributed by atoms with Crippen LogP contribution in [0.3, 0.4) is 0 Å². The molecule has 0 bridgehead atoms. The lowest BCUT2D eigenvalue weighted by atomic mass is 9.79. The summed E-state index contributed by atoms with van der Waals surface area (Å²) >= 11 is 9.69. The van der Waals surface area contributed by atoms with Gasteiger partial charge < -0.3 is 0 Å². The van der Waals surface area contributed by atoms with Crippen LogP contribution in [0.15, 0.2) is 22.7 Å². The molecule has 0 aliphatic heterocycles. The average molecular weight is 318 g/mol. The molecule has 2 atom stereocenters. The van der Waals surface area contributed by atoms with Crippen molar-refractivity contribution >= 4 is 27.5 Å². The maximum atomic E-state index is 13.3. The Bertz CT molecular complexity index is 436. The predicted octanol–water partition coefficient (Wildman–Crippen LogP) is 4.79. The fraction of sp³-hybridized carbons (Fsp3) is 0.571. The van der Waals surface area contributed by atoms with Crippen LogP contribution in [0, 0.1) is 23.1 Å². The molecule has 0 heterocycles. The van der Waals surface area contributed by atoms with Crippen LogP contribution in [0.1, 0.15) is 24.8 Å². The predicted molar refractivity (Wildman–Crippen MR) is 71.8 cm³/mol. The van der Waals surface area contributed by atoms with E-state index in [-0.39, 0.29) is 11.2 Å². The number of hydrogen-bond acceptors (Lipinski definition) is 0. The lowest BCUT2D eigenvalue weighted by molar-refractivity contribution is 0.302. The summed E-state index contributed by atoms with van der Waals surface area (Å²) in [5.74, 6) is 2.35. The van der Waals surface area contributed by atoms with E-state index in [1.165, 1.54) is 25.3 Å². The van der Waals surface area contributed by atoms with Crippen LogP contribution in [0.25, 0.3) is 0 Å². The summed E-state index contributed by atoms with van der Waals surface area (Å²) in [7, 11) is 0. The molecule has 1 aromatic carbocycles. The van der Waals surface area contributed by atoms with Crippen molar-refractivity contribution in [3.8, 4) is 0 Å². The van der Waals surface area contributed by atoms with Gasteiger partial charge in [-0.3, -0.25) is 0 Å². The molecule has 0 aromatic heterocycles. The van der Waals surface area contributed by atoms with Gasteiger partial charge in [0.25, 0.3) is 0 Å². The largest absolute Gasteiger partial charge is 0.207 e. The van der Waals surface area contributed by atoms with Crippen molar-refractivity contribution in [3.05, 3.63) is 34.1 Å². The maximum Gasteiger partial charge on any atom is 0.123 e. The third-order valence-corrected chi connectivity index (χ3v) is 5.66. The van der Waals surface area contributed by atoms with Crippen LogP contribution in [-0.2, 0) is 6.42 Å². The SMILES string of the molecule is Fc1ccc(Br)c(CC2(CCl)CC3CC3C2)c1. The number of fused-ring (bicyclic) bond motifs is 1. The minimum absolute atomic E-state index is 0.156. The van der Waals surface area contributed by atoms with Crippen molar-refractivity contribution in [2.75, 3.05) is 5.88 Å². The topological polar surface area (TPSA) is 0 Å². The van der Waals surface area contributed by atoms with Gasteiger partial charge in [0.15, 0.2) is 0 Å². The molecule has 3 heteroatoms. The van der Waals surface area contributed by atoms with Crippen molar-refractivity contribution < 1.29 is 4.39 Å². The molecule has 0 N–H and O–H groups in total. The molecule has 2 aliphatic carbocycles. The van der Waals surface area contributed by atoms with E-state index in [2.05, 4.69) is 15.9 Å². The second-order valence-electron chi connectivity index (χ2n) is 5.71. The van der Waals surface area contributed by atoms with E-state index in [1.807, 2.05) is 0 Å². The first kappa shape index (κ1) is 12.0. The Hall–Kier alpha value is -0.0800. The molecule has 0 saturated heterocycles. The van der Waals surface area contributed by atoms with E-state index in [0.29, 0.717) is 5.88 Å². The Balaban J connectivity index is 1.83. The highest BCUT2D eigenvalue weighted by Crippen LogP contribution is 2.61. The van der Waals surface area contributed by atoms with Crippen LogP contribution in [0.5, 0.6) is 0 Å². The number of rotatable bonds is 3. The first-order chi connectivity index (χ1) is 8.12.